The van der Waals surface area contributed by atoms with E-state index in [1.54, 1.807) is 32.2 Å². The van der Waals surface area contributed by atoms with Crippen molar-refractivity contribution < 1.29 is 19.4 Å². The topological polar surface area (TPSA) is 68.7 Å². The van der Waals surface area contributed by atoms with E-state index in [9.17, 15) is 9.90 Å². The van der Waals surface area contributed by atoms with E-state index in [2.05, 4.69) is 4.98 Å². The molecule has 1 N–H and O–H groups in total. The molecule has 1 heterocycles. The summed E-state index contributed by atoms with van der Waals surface area (Å²) in [6.45, 7) is 2.00. The average molecular weight is 390 g/mol. The Morgan fingerprint density at radius 3 is 2.73 bits per heavy atom. The summed E-state index contributed by atoms with van der Waals surface area (Å²) in [7, 11) is 1.58. The van der Waals surface area contributed by atoms with Crippen molar-refractivity contribution in [3.63, 3.8) is 0 Å². The first-order valence-electron chi connectivity index (χ1n) is 7.74. The van der Waals surface area contributed by atoms with Crippen LogP contribution in [0.2, 0.25) is 5.02 Å². The van der Waals surface area contributed by atoms with Crippen LogP contribution in [0.1, 0.15) is 20.9 Å². The quantitative estimate of drug-likeness (QED) is 0.638. The van der Waals surface area contributed by atoms with Gasteiger partial charge >= 0.3 is 5.97 Å². The number of methoxy groups -OCH3 is 1. The van der Waals surface area contributed by atoms with Crippen LogP contribution in [0.3, 0.4) is 0 Å². The number of thiazole rings is 1. The summed E-state index contributed by atoms with van der Waals surface area (Å²) >= 11 is 7.13. The van der Waals surface area contributed by atoms with Gasteiger partial charge in [-0.25, -0.2) is 9.78 Å². The molecule has 0 atom stereocenters. The molecule has 0 radical (unpaired) electrons. The summed E-state index contributed by atoms with van der Waals surface area (Å²) in [5.74, 6) is 0.220. The van der Waals surface area contributed by atoms with Crippen LogP contribution < -0.4 is 9.47 Å². The van der Waals surface area contributed by atoms with E-state index < -0.39 is 5.97 Å². The molecule has 1 aromatic heterocycles. The summed E-state index contributed by atoms with van der Waals surface area (Å²) < 4.78 is 11.2. The molecule has 0 aliphatic heterocycles. The van der Waals surface area contributed by atoms with Gasteiger partial charge in [0.1, 0.15) is 28.0 Å². The van der Waals surface area contributed by atoms with Crippen molar-refractivity contribution in [2.24, 2.45) is 0 Å². The first-order valence-corrected chi connectivity index (χ1v) is 8.93. The number of halogens is 1. The Bertz CT molecular complexity index is 954. The Kier molecular flexibility index (Phi) is 5.44. The fraction of sp³-hybridized carbons (Fsp3) is 0.158. The molecule has 0 amide bonds. The van der Waals surface area contributed by atoms with Gasteiger partial charge in [0, 0.05) is 11.1 Å². The van der Waals surface area contributed by atoms with Crippen LogP contribution in [-0.4, -0.2) is 23.2 Å². The fourth-order valence-electron chi connectivity index (χ4n) is 2.42. The number of ether oxygens (including phenoxy) is 2. The van der Waals surface area contributed by atoms with Crippen molar-refractivity contribution in [1.29, 1.82) is 0 Å². The molecule has 2 aromatic carbocycles. The molecule has 7 heteroatoms. The molecule has 0 bridgehead atoms. The smallest absolute Gasteiger partial charge is 0.347 e. The van der Waals surface area contributed by atoms with Crippen LogP contribution in [0, 0.1) is 6.92 Å². The molecule has 26 heavy (non-hydrogen) atoms. The minimum absolute atomic E-state index is 0.219. The number of rotatable bonds is 6. The van der Waals surface area contributed by atoms with Crippen LogP contribution in [0.25, 0.3) is 10.6 Å². The number of carboxylic acids is 1. The summed E-state index contributed by atoms with van der Waals surface area (Å²) in [6, 6.07) is 12.8. The van der Waals surface area contributed by atoms with Gasteiger partial charge < -0.3 is 14.6 Å². The second-order valence-electron chi connectivity index (χ2n) is 5.52. The van der Waals surface area contributed by atoms with E-state index >= 15 is 0 Å². The lowest BCUT2D eigenvalue weighted by Crippen LogP contribution is -1.98. The van der Waals surface area contributed by atoms with Crippen molar-refractivity contribution in [3.05, 3.63) is 63.6 Å². The van der Waals surface area contributed by atoms with E-state index in [1.807, 2.05) is 24.3 Å². The highest BCUT2D eigenvalue weighted by Gasteiger charge is 2.18. The molecule has 3 rings (SSSR count). The molecule has 134 valence electrons. The Hall–Kier alpha value is -2.57. The second-order valence-corrected chi connectivity index (χ2v) is 6.95. The number of aromatic carboxylic acids is 1. The van der Waals surface area contributed by atoms with Crippen LogP contribution >= 0.6 is 22.9 Å². The molecule has 0 unspecified atom stereocenters. The average Bonchev–Trinajstić information content (AvgIpc) is 3.01. The molecule has 0 saturated carbocycles. The molecule has 0 saturated heterocycles. The molecular weight excluding hydrogens is 374 g/mol. The second kappa shape index (κ2) is 7.76. The number of hydrogen-bond donors (Lipinski definition) is 1. The highest BCUT2D eigenvalue weighted by Crippen LogP contribution is 2.37. The van der Waals surface area contributed by atoms with Gasteiger partial charge in [0.15, 0.2) is 0 Å². The monoisotopic (exact) mass is 389 g/mol. The van der Waals surface area contributed by atoms with Gasteiger partial charge in [0.05, 0.1) is 18.4 Å². The molecule has 0 spiro atoms. The van der Waals surface area contributed by atoms with Gasteiger partial charge in [0.25, 0.3) is 0 Å². The van der Waals surface area contributed by atoms with Crippen molar-refractivity contribution in [2.45, 2.75) is 13.5 Å². The SMILES string of the molecule is COc1ccc(-c2nc(C)c(C(=O)O)s2)c(OCc2cccc(Cl)c2)c1. The lowest BCUT2D eigenvalue weighted by Gasteiger charge is -2.12. The maximum atomic E-state index is 11.3. The van der Waals surface area contributed by atoms with Crippen molar-refractivity contribution in [1.82, 2.24) is 4.98 Å². The molecule has 0 fully saturated rings. The predicted octanol–water partition coefficient (Wildman–Crippen LogP) is 5.06. The molecule has 5 nitrogen and oxygen atoms in total. The van der Waals surface area contributed by atoms with Crippen molar-refractivity contribution in [3.8, 4) is 22.1 Å². The molecular formula is C19H16ClNO4S. The maximum Gasteiger partial charge on any atom is 0.347 e. The van der Waals surface area contributed by atoms with E-state index in [0.717, 1.165) is 16.9 Å². The number of carboxylic acid groups (broad SMARTS) is 1. The van der Waals surface area contributed by atoms with Crippen molar-refractivity contribution in [2.75, 3.05) is 7.11 Å². The maximum absolute atomic E-state index is 11.3. The number of aromatic nitrogens is 1. The third kappa shape index (κ3) is 3.98. The van der Waals surface area contributed by atoms with Gasteiger partial charge in [-0.3, -0.25) is 0 Å². The predicted molar refractivity (Wildman–Crippen MR) is 102 cm³/mol. The fourth-order valence-corrected chi connectivity index (χ4v) is 3.57. The van der Waals surface area contributed by atoms with E-state index in [1.165, 1.54) is 0 Å². The first kappa shape index (κ1) is 18.2. The van der Waals surface area contributed by atoms with Crippen LogP contribution in [0.5, 0.6) is 11.5 Å². The zero-order valence-corrected chi connectivity index (χ0v) is 15.7. The van der Waals surface area contributed by atoms with Gasteiger partial charge in [-0.15, -0.1) is 11.3 Å². The summed E-state index contributed by atoms with van der Waals surface area (Å²) in [6.07, 6.45) is 0. The number of benzene rings is 2. The summed E-state index contributed by atoms with van der Waals surface area (Å²) in [4.78, 5) is 15.9. The Balaban J connectivity index is 1.95. The van der Waals surface area contributed by atoms with Gasteiger partial charge in [-0.05, 0) is 36.8 Å². The number of carbonyl (C=O) groups is 1. The number of nitrogens with zero attached hydrogens (tertiary/aromatic N) is 1. The zero-order valence-electron chi connectivity index (χ0n) is 14.2. The standard InChI is InChI=1S/C19H16ClNO4S/c1-11-17(19(22)23)26-18(21-11)15-7-6-14(24-2)9-16(15)25-10-12-4-3-5-13(20)8-12/h3-9H,10H2,1-2H3,(H,22,23). The van der Waals surface area contributed by atoms with Crippen LogP contribution in [0.4, 0.5) is 0 Å². The van der Waals surface area contributed by atoms with Gasteiger partial charge in [-0.1, -0.05) is 23.7 Å². The largest absolute Gasteiger partial charge is 0.497 e. The molecule has 3 aromatic rings. The Labute approximate surface area is 159 Å². The minimum Gasteiger partial charge on any atom is -0.497 e. The lowest BCUT2D eigenvalue weighted by atomic mass is 10.2. The van der Waals surface area contributed by atoms with E-state index in [4.69, 9.17) is 21.1 Å². The third-order valence-corrected chi connectivity index (χ3v) is 5.11. The highest BCUT2D eigenvalue weighted by molar-refractivity contribution is 7.17. The molecule has 0 aliphatic rings. The normalized spacial score (nSPS) is 10.6. The lowest BCUT2D eigenvalue weighted by molar-refractivity contribution is 0.0701. The zero-order chi connectivity index (χ0) is 18.7. The first-order chi connectivity index (χ1) is 12.5. The van der Waals surface area contributed by atoms with Crippen LogP contribution in [-0.2, 0) is 6.61 Å². The third-order valence-electron chi connectivity index (χ3n) is 3.69. The van der Waals surface area contributed by atoms with E-state index in [-0.39, 0.29) is 4.88 Å². The summed E-state index contributed by atoms with van der Waals surface area (Å²) in [5, 5.41) is 10.5. The summed E-state index contributed by atoms with van der Waals surface area (Å²) in [5.41, 5.74) is 2.12. The van der Waals surface area contributed by atoms with Gasteiger partial charge in [0.2, 0.25) is 0 Å². The Morgan fingerprint density at radius 2 is 2.08 bits per heavy atom. The van der Waals surface area contributed by atoms with Crippen molar-refractivity contribution >= 4 is 28.9 Å². The van der Waals surface area contributed by atoms with Crippen LogP contribution in [0.15, 0.2) is 42.5 Å². The number of aryl methyl sites for hydroxylation is 1. The molecule has 0 aliphatic carbocycles. The van der Waals surface area contributed by atoms with E-state index in [0.29, 0.717) is 39.4 Å². The highest BCUT2D eigenvalue weighted by atomic mass is 35.5. The van der Waals surface area contributed by atoms with Gasteiger partial charge in [-0.2, -0.15) is 0 Å². The Morgan fingerprint density at radius 1 is 1.27 bits per heavy atom. The minimum atomic E-state index is -0.985. The number of hydrogen-bond acceptors (Lipinski definition) is 5.